The van der Waals surface area contributed by atoms with Gasteiger partial charge in [-0.2, -0.15) is 0 Å². The third-order valence-corrected chi connectivity index (χ3v) is 14.9. The van der Waals surface area contributed by atoms with Gasteiger partial charge in [-0.25, -0.2) is 24.0 Å². The van der Waals surface area contributed by atoms with Crippen molar-refractivity contribution in [1.29, 1.82) is 0 Å². The summed E-state index contributed by atoms with van der Waals surface area (Å²) in [5.74, 6) is -4.00. The molecule has 0 bridgehead atoms. The fraction of sp³-hybridized carbons (Fsp3) is 0.656. The molecule has 0 saturated carbocycles. The Morgan fingerprint density at radius 2 is 0.920 bits per heavy atom. The minimum atomic E-state index is -1.10. The molecule has 560 valence electrons. The normalized spacial score (nSPS) is 26.1. The summed E-state index contributed by atoms with van der Waals surface area (Å²) >= 11 is 0. The summed E-state index contributed by atoms with van der Waals surface area (Å²) < 4.78 is 35.0. The van der Waals surface area contributed by atoms with Gasteiger partial charge in [0.1, 0.15) is 12.2 Å². The van der Waals surface area contributed by atoms with Crippen molar-refractivity contribution in [2.75, 3.05) is 61.5 Å². The Kier molecular flexibility index (Phi) is 45.0. The first-order valence-corrected chi connectivity index (χ1v) is 29.1. The van der Waals surface area contributed by atoms with Crippen LogP contribution in [0.5, 0.6) is 0 Å². The van der Waals surface area contributed by atoms with Crippen molar-refractivity contribution >= 4 is 53.5 Å². The van der Waals surface area contributed by atoms with Gasteiger partial charge in [-0.3, -0.25) is 19.2 Å². The highest BCUT2D eigenvalue weighted by Gasteiger charge is 2.56. The Hall–Kier alpha value is -9.45. The quantitative estimate of drug-likeness (QED) is 0.0134. The molecule has 39 nitrogen and oxygen atoms in total. The summed E-state index contributed by atoms with van der Waals surface area (Å²) in [7, 11) is 5.13. The van der Waals surface area contributed by atoms with Crippen LogP contribution in [-0.2, 0) is 76.3 Å². The van der Waals surface area contributed by atoms with Crippen molar-refractivity contribution in [2.45, 2.75) is 200 Å². The van der Waals surface area contributed by atoms with Gasteiger partial charge in [-0.05, 0) is 28.5 Å². The van der Waals surface area contributed by atoms with Crippen molar-refractivity contribution in [2.24, 2.45) is 26.2 Å². The van der Waals surface area contributed by atoms with E-state index in [1.807, 2.05) is 0 Å². The molecular weight excluding hydrogens is 1320 g/mol. The van der Waals surface area contributed by atoms with E-state index in [2.05, 4.69) is 86.9 Å². The fourth-order valence-corrected chi connectivity index (χ4v) is 10.6. The average molecular weight is 1420 g/mol. The first-order chi connectivity index (χ1) is 45.1. The Balaban J connectivity index is -0.00000117. The van der Waals surface area contributed by atoms with Crippen LogP contribution in [0.3, 0.4) is 0 Å². The average Bonchev–Trinajstić information content (AvgIpc) is 1.58. The van der Waals surface area contributed by atoms with Crippen LogP contribution in [0.2, 0.25) is 0 Å². The smallest absolute Gasteiger partial charge is 0.333 e. The molecule has 0 aromatic heterocycles. The van der Waals surface area contributed by atoms with Crippen LogP contribution >= 0.6 is 0 Å². The minimum absolute atomic E-state index is 0. The van der Waals surface area contributed by atoms with Gasteiger partial charge < -0.3 is 90.6 Å². The van der Waals surface area contributed by atoms with E-state index in [9.17, 15) is 53.4 Å². The number of azide groups is 4. The number of amides is 4. The van der Waals surface area contributed by atoms with Gasteiger partial charge in [-0.1, -0.05) is 94.0 Å². The summed E-state index contributed by atoms with van der Waals surface area (Å²) in [6.45, 7) is 7.92. The van der Waals surface area contributed by atoms with Crippen molar-refractivity contribution in [3.05, 3.63) is 113 Å². The number of nitrogens with zero attached hydrogens (tertiary/aromatic N) is 13. The van der Waals surface area contributed by atoms with E-state index in [4.69, 9.17) is 57.4 Å². The number of carbonyl (C=O) groups excluding carboxylic acids is 8. The third kappa shape index (κ3) is 29.2. The first-order valence-electron chi connectivity index (χ1n) is 29.1. The van der Waals surface area contributed by atoms with Gasteiger partial charge in [-0.15, -0.1) is 6.58 Å². The number of nitrogens with one attached hydrogen (secondary N) is 4. The van der Waals surface area contributed by atoms with Crippen molar-refractivity contribution in [3.63, 3.8) is 0 Å². The predicted molar refractivity (Wildman–Crippen MR) is 362 cm³/mol. The fourth-order valence-electron chi connectivity index (χ4n) is 10.6. The Morgan fingerprint density at radius 3 is 1.30 bits per heavy atom. The molecule has 2 saturated heterocycles. The topological polar surface area (TPSA) is 601 Å². The number of aliphatic hydroxyl groups excluding tert-OH is 4. The molecule has 7 aliphatic rings. The second-order valence-corrected chi connectivity index (χ2v) is 21.6. The number of hydrogen-bond donors (Lipinski definition) is 10. The highest BCUT2D eigenvalue weighted by atomic mass is 16.5. The molecule has 17 atom stereocenters. The van der Waals surface area contributed by atoms with Gasteiger partial charge in [0.2, 0.25) is 23.6 Å². The second kappa shape index (κ2) is 47.5. The number of hydrogen-bond acceptors (Lipinski definition) is 26. The number of fused-ring (bicyclic) bond motifs is 2. The van der Waals surface area contributed by atoms with Crippen LogP contribution < -0.4 is 27.0 Å². The Bertz CT molecular complexity index is 3160. The van der Waals surface area contributed by atoms with Crippen molar-refractivity contribution in [3.8, 4) is 0 Å². The lowest BCUT2D eigenvalue weighted by Gasteiger charge is -2.35. The standard InChI is InChI=1S/C13H20N4O6.C13H18N4O4.C12H20N2O6.C10H12N4O3.C8H10N4O2.5CH4/c1-7(19)15-12-10(16-17-14)3-8(13(21)22-2)4-11(12)23-6-9(20)5-18;1-4-5-21-11-7-9(13(19)20-3)6-10(16-17-14)12(11)15-8(2)18;1-6(16)14-11-9(13)2-7(12(18)19)3-10(11)20-5-8(17)4-15;1-5(15)14-8-4-6(10(16)17-2)3-7(9(8)14)12-13-11;1-14-8(13)4-2-5-7(10-5)6(3-4)11-12-9;;;;;/h3,9-12,18,20H,4-6H2,1-2H3,(H,15,19);4,6,10-12H,1,5,7H2,2-3H3,(H,15,18);2,8-11,15,17H,3-5,13H2,1H3,(H,14,16)(H,18,19);3,7-9H,4H2,1-2H3;3,5-7,10H,2H2,1H3;5*1H4/t9?,10-,11+,12+;10-,11+,12+;8?,9-,10+,11+;7-,8-,9+,14?;5-,6-,7-;;;;;/m00000...../s1. The number of nitrogens with two attached hydrogens (primary N) is 1. The van der Waals surface area contributed by atoms with E-state index in [0.717, 1.165) is 0 Å². The van der Waals surface area contributed by atoms with E-state index in [0.29, 0.717) is 29.6 Å². The van der Waals surface area contributed by atoms with Crippen LogP contribution in [-0.4, -0.2) is 248 Å². The van der Waals surface area contributed by atoms with E-state index >= 15 is 0 Å². The number of aliphatic hydroxyl groups is 4. The molecule has 7 rings (SSSR count). The molecule has 0 aromatic rings. The molecule has 5 aliphatic carbocycles. The molecule has 39 heteroatoms. The SMILES string of the molecule is C.C.C.C.C.C=CCO[C@@H]1CC(C(=O)OC)=C[C@H](N=[N+]=[N-])[C@H]1NC(C)=O.CC(=O)N[C@@H]1[C@@H](N)C=C(C(=O)O)C[C@H]1OCC(O)CO.COC(=O)C1=C[C@H](N=[N+]=[N-])[C@@H](NC(C)=O)[C@H](OCC(O)CO)C1.COC(=O)C1=C[C@H](N=[N+]=[N-])[C@@H]2[C@H](C1)N2C(C)=O.COC(=O)C1=C[C@H](N=[N+]=[N-])[C@H]2N[C@H]2C1. The highest BCUT2D eigenvalue weighted by Crippen LogP contribution is 2.42. The van der Waals surface area contributed by atoms with Gasteiger partial charge in [0.15, 0.2) is 0 Å². The monoisotopic (exact) mass is 1420 g/mol. The maximum absolute atomic E-state index is 11.7. The molecule has 0 radical (unpaired) electrons. The zero-order valence-corrected chi connectivity index (χ0v) is 53.2. The van der Waals surface area contributed by atoms with Gasteiger partial charge in [0.05, 0.1) is 134 Å². The number of carboxylic acids is 1. The minimum Gasteiger partial charge on any atom is -0.478 e. The zero-order valence-electron chi connectivity index (χ0n) is 53.2. The van der Waals surface area contributed by atoms with Crippen LogP contribution in [0, 0.1) is 0 Å². The van der Waals surface area contributed by atoms with Gasteiger partial charge in [0.25, 0.3) is 0 Å². The van der Waals surface area contributed by atoms with E-state index in [-0.39, 0.29) is 147 Å². The van der Waals surface area contributed by atoms with Crippen LogP contribution in [0.4, 0.5) is 0 Å². The van der Waals surface area contributed by atoms with Crippen molar-refractivity contribution < 1.29 is 102 Å². The largest absolute Gasteiger partial charge is 0.478 e. The van der Waals surface area contributed by atoms with Crippen LogP contribution in [0.15, 0.2) is 91.4 Å². The van der Waals surface area contributed by atoms with E-state index in [1.54, 1.807) is 23.1 Å². The van der Waals surface area contributed by atoms with Gasteiger partial charge in [0, 0.05) is 119 Å². The number of rotatable bonds is 23. The maximum atomic E-state index is 11.7. The zero-order chi connectivity index (χ0) is 71.2. The molecule has 0 spiro atoms. The number of aliphatic carboxylic acids is 1. The summed E-state index contributed by atoms with van der Waals surface area (Å²) in [6.07, 6.45) is 6.61. The summed E-state index contributed by atoms with van der Waals surface area (Å²) in [5, 5.41) is 70.7. The molecule has 2 aliphatic heterocycles. The number of carboxylic acid groups (broad SMARTS) is 1. The molecule has 100 heavy (non-hydrogen) atoms. The lowest BCUT2D eigenvalue weighted by atomic mass is 9.88. The van der Waals surface area contributed by atoms with Crippen molar-refractivity contribution in [1.82, 2.24) is 26.2 Å². The van der Waals surface area contributed by atoms with E-state index < -0.39 is 110 Å². The molecule has 11 N–H and O–H groups in total. The van der Waals surface area contributed by atoms with Crippen LogP contribution in [0.1, 0.15) is 96.9 Å². The number of methoxy groups -OCH3 is 4. The lowest BCUT2D eigenvalue weighted by Crippen LogP contribution is -2.56. The molecular formula is C61H100N18O21. The summed E-state index contributed by atoms with van der Waals surface area (Å²) in [6, 6.07) is -4.50. The maximum Gasteiger partial charge on any atom is 0.333 e. The molecule has 2 heterocycles. The molecule has 0 aromatic carbocycles. The summed E-state index contributed by atoms with van der Waals surface area (Å²) in [5.41, 5.74) is 41.7. The lowest BCUT2D eigenvalue weighted by molar-refractivity contribution is -0.138. The molecule has 2 fully saturated rings. The summed E-state index contributed by atoms with van der Waals surface area (Å²) in [4.78, 5) is 115. The third-order valence-electron chi connectivity index (χ3n) is 14.9. The predicted octanol–water partition coefficient (Wildman–Crippen LogP) is 3.08. The molecule has 4 amide bonds. The highest BCUT2D eigenvalue weighted by molar-refractivity contribution is 5.91. The second-order valence-electron chi connectivity index (χ2n) is 21.6. The number of carbonyl (C=O) groups is 9. The number of esters is 4. The van der Waals surface area contributed by atoms with Crippen LogP contribution in [0.25, 0.3) is 41.8 Å². The Morgan fingerprint density at radius 1 is 0.570 bits per heavy atom. The molecule has 2 unspecified atom stereocenters. The number of ether oxygens (including phenoxy) is 7. The van der Waals surface area contributed by atoms with E-state index in [1.165, 1.54) is 74.4 Å². The first kappa shape index (κ1) is 94.7. The Labute approximate surface area is 580 Å². The van der Waals surface area contributed by atoms with Gasteiger partial charge >= 0.3 is 29.8 Å².